The molecule has 1 fully saturated rings. The number of halogens is 2. The Morgan fingerprint density at radius 3 is 2.97 bits per heavy atom. The van der Waals surface area contributed by atoms with Gasteiger partial charge in [0.1, 0.15) is 0 Å². The summed E-state index contributed by atoms with van der Waals surface area (Å²) in [6.45, 7) is 5.96. The molecule has 0 aliphatic carbocycles. The number of benzene rings is 1. The Morgan fingerprint density at radius 1 is 1.34 bits per heavy atom. The molecule has 1 aliphatic rings. The van der Waals surface area contributed by atoms with Gasteiger partial charge >= 0.3 is 0 Å². The second kappa shape index (κ2) is 12.3. The normalized spacial score (nSPS) is 17.6. The predicted octanol–water partition coefficient (Wildman–Crippen LogP) is 3.94. The van der Waals surface area contributed by atoms with Crippen molar-refractivity contribution >= 4 is 41.5 Å². The van der Waals surface area contributed by atoms with Crippen molar-refractivity contribution in [3.05, 3.63) is 35.2 Å². The Balaban J connectivity index is 0.00000300. The van der Waals surface area contributed by atoms with Crippen LogP contribution < -0.4 is 10.6 Å². The number of likely N-dealkylation sites (tertiary alicyclic amines) is 1. The molecule has 1 aliphatic heterocycles. The number of hydrogen-bond acceptors (Lipinski definition) is 5. The van der Waals surface area contributed by atoms with Crippen molar-refractivity contribution in [1.82, 2.24) is 25.7 Å². The fourth-order valence-electron chi connectivity index (χ4n) is 3.43. The van der Waals surface area contributed by atoms with Crippen molar-refractivity contribution in [2.45, 2.75) is 45.2 Å². The van der Waals surface area contributed by atoms with Crippen molar-refractivity contribution in [2.24, 2.45) is 4.99 Å². The molecular formula is C20H30ClIN6O. The molecule has 0 saturated carbocycles. The summed E-state index contributed by atoms with van der Waals surface area (Å²) in [5.74, 6) is 1.76. The van der Waals surface area contributed by atoms with Crippen LogP contribution in [0, 0.1) is 0 Å². The summed E-state index contributed by atoms with van der Waals surface area (Å²) in [5.41, 5.74) is 0.831. The van der Waals surface area contributed by atoms with E-state index in [9.17, 15) is 0 Å². The molecule has 7 nitrogen and oxygen atoms in total. The van der Waals surface area contributed by atoms with Crippen molar-refractivity contribution in [2.75, 3.05) is 26.7 Å². The van der Waals surface area contributed by atoms with E-state index in [2.05, 4.69) is 37.6 Å². The summed E-state index contributed by atoms with van der Waals surface area (Å²) in [7, 11) is 1.76. The Kier molecular flexibility index (Phi) is 10.2. The van der Waals surface area contributed by atoms with Gasteiger partial charge in [-0.3, -0.25) is 4.99 Å². The van der Waals surface area contributed by atoms with Crippen molar-refractivity contribution in [3.8, 4) is 11.4 Å². The molecule has 1 aromatic heterocycles. The average Bonchev–Trinajstić information content (AvgIpc) is 3.18. The molecule has 2 N–H and O–H groups in total. The largest absolute Gasteiger partial charge is 0.356 e. The van der Waals surface area contributed by atoms with Crippen LogP contribution in [0.2, 0.25) is 5.02 Å². The Morgan fingerprint density at radius 2 is 2.21 bits per heavy atom. The lowest BCUT2D eigenvalue weighted by molar-refractivity contribution is 0.159. The number of aliphatic imine (C=N–C) groups is 1. The first-order chi connectivity index (χ1) is 13.7. The van der Waals surface area contributed by atoms with Gasteiger partial charge in [0.05, 0.1) is 6.54 Å². The van der Waals surface area contributed by atoms with Crippen molar-refractivity contribution in [1.29, 1.82) is 0 Å². The highest BCUT2D eigenvalue weighted by Crippen LogP contribution is 2.20. The lowest BCUT2D eigenvalue weighted by Crippen LogP contribution is -2.41. The summed E-state index contributed by atoms with van der Waals surface area (Å²) in [6.07, 6.45) is 5.09. The summed E-state index contributed by atoms with van der Waals surface area (Å²) < 4.78 is 5.31. The lowest BCUT2D eigenvalue weighted by Gasteiger charge is -2.33. The molecule has 0 amide bonds. The third-order valence-electron chi connectivity index (χ3n) is 5.04. The van der Waals surface area contributed by atoms with Gasteiger partial charge in [0, 0.05) is 36.8 Å². The minimum atomic E-state index is 0. The van der Waals surface area contributed by atoms with Gasteiger partial charge in [-0.05, 0) is 44.9 Å². The molecule has 1 atom stereocenters. The van der Waals surface area contributed by atoms with Crippen LogP contribution in [0.4, 0.5) is 0 Å². The van der Waals surface area contributed by atoms with Gasteiger partial charge in [0.2, 0.25) is 11.7 Å². The van der Waals surface area contributed by atoms with Crippen LogP contribution in [0.5, 0.6) is 0 Å². The number of piperidine rings is 1. The molecule has 29 heavy (non-hydrogen) atoms. The van der Waals surface area contributed by atoms with Crippen molar-refractivity contribution in [3.63, 3.8) is 0 Å². The Labute approximate surface area is 194 Å². The van der Waals surface area contributed by atoms with Crippen molar-refractivity contribution < 1.29 is 4.52 Å². The van der Waals surface area contributed by atoms with Crippen LogP contribution in [0.15, 0.2) is 33.8 Å². The summed E-state index contributed by atoms with van der Waals surface area (Å²) in [5, 5.41) is 11.2. The van der Waals surface area contributed by atoms with E-state index in [-0.39, 0.29) is 24.0 Å². The van der Waals surface area contributed by atoms with E-state index in [4.69, 9.17) is 16.1 Å². The van der Waals surface area contributed by atoms with E-state index in [0.29, 0.717) is 29.3 Å². The predicted molar refractivity (Wildman–Crippen MR) is 128 cm³/mol. The zero-order chi connectivity index (χ0) is 19.8. The number of nitrogens with one attached hydrogen (secondary N) is 2. The fourth-order valence-corrected chi connectivity index (χ4v) is 3.62. The molecule has 9 heteroatoms. The average molecular weight is 533 g/mol. The van der Waals surface area contributed by atoms with E-state index in [1.165, 1.54) is 25.8 Å². The Bertz CT molecular complexity index is 784. The second-order valence-corrected chi connectivity index (χ2v) is 7.55. The summed E-state index contributed by atoms with van der Waals surface area (Å²) >= 11 is 6.02. The molecular weight excluding hydrogens is 503 g/mol. The molecule has 0 radical (unpaired) electrons. The maximum atomic E-state index is 6.02. The van der Waals surface area contributed by atoms with Gasteiger partial charge in [-0.2, -0.15) is 4.98 Å². The lowest BCUT2D eigenvalue weighted by atomic mass is 10.0. The zero-order valence-corrected chi connectivity index (χ0v) is 20.1. The first kappa shape index (κ1) is 23.9. The molecule has 1 saturated heterocycles. The van der Waals surface area contributed by atoms with Crippen LogP contribution in [-0.4, -0.2) is 53.7 Å². The van der Waals surface area contributed by atoms with Gasteiger partial charge < -0.3 is 20.1 Å². The highest BCUT2D eigenvalue weighted by atomic mass is 127. The molecule has 3 rings (SSSR count). The first-order valence-corrected chi connectivity index (χ1v) is 10.3. The van der Waals surface area contributed by atoms with Gasteiger partial charge in [-0.25, -0.2) is 0 Å². The number of nitrogens with zero attached hydrogens (tertiary/aromatic N) is 4. The van der Waals surface area contributed by atoms with E-state index in [1.807, 2.05) is 24.3 Å². The number of rotatable bonds is 7. The third-order valence-corrected chi connectivity index (χ3v) is 5.27. The van der Waals surface area contributed by atoms with Crippen LogP contribution >= 0.6 is 35.6 Å². The fraction of sp³-hybridized carbons (Fsp3) is 0.550. The number of aromatic nitrogens is 2. The summed E-state index contributed by atoms with van der Waals surface area (Å²) in [6, 6.07) is 8.10. The highest BCUT2D eigenvalue weighted by Gasteiger charge is 2.17. The quantitative estimate of drug-likeness (QED) is 0.243. The van der Waals surface area contributed by atoms with E-state index >= 15 is 0 Å². The van der Waals surface area contributed by atoms with Crippen LogP contribution in [0.3, 0.4) is 0 Å². The van der Waals surface area contributed by atoms with E-state index in [0.717, 1.165) is 31.0 Å². The highest BCUT2D eigenvalue weighted by molar-refractivity contribution is 14.0. The topological polar surface area (TPSA) is 78.6 Å². The summed E-state index contributed by atoms with van der Waals surface area (Å²) in [4.78, 5) is 11.2. The minimum Gasteiger partial charge on any atom is -0.356 e. The SMILES string of the molecule is CN=C(NCCCN1CCCCC1C)NCc1nc(-c2cccc(Cl)c2)no1.I. The van der Waals surface area contributed by atoms with Gasteiger partial charge in [0.25, 0.3) is 0 Å². The molecule has 0 bridgehead atoms. The van der Waals surface area contributed by atoms with E-state index in [1.54, 1.807) is 7.05 Å². The first-order valence-electron chi connectivity index (χ1n) is 9.93. The van der Waals surface area contributed by atoms with Crippen LogP contribution in [0.1, 0.15) is 38.5 Å². The molecule has 0 spiro atoms. The van der Waals surface area contributed by atoms with Gasteiger partial charge in [0.15, 0.2) is 5.96 Å². The number of hydrogen-bond donors (Lipinski definition) is 2. The zero-order valence-electron chi connectivity index (χ0n) is 17.0. The van der Waals surface area contributed by atoms with Gasteiger partial charge in [-0.1, -0.05) is 35.3 Å². The third kappa shape index (κ3) is 7.42. The van der Waals surface area contributed by atoms with Gasteiger partial charge in [-0.15, -0.1) is 24.0 Å². The molecule has 1 unspecified atom stereocenters. The molecule has 160 valence electrons. The Hall–Kier alpha value is -1.39. The smallest absolute Gasteiger partial charge is 0.246 e. The number of guanidine groups is 1. The monoisotopic (exact) mass is 532 g/mol. The second-order valence-electron chi connectivity index (χ2n) is 7.11. The van der Waals surface area contributed by atoms with E-state index < -0.39 is 0 Å². The molecule has 2 heterocycles. The maximum Gasteiger partial charge on any atom is 0.246 e. The maximum absolute atomic E-state index is 6.02. The standard InChI is InChI=1S/C20H29ClN6O.HI/c1-15-7-3-4-11-27(15)12-6-10-23-20(22-2)24-14-18-25-19(26-28-18)16-8-5-9-17(21)13-16;/h5,8-9,13,15H,3-4,6-7,10-12,14H2,1-2H3,(H2,22,23,24);1H. The molecule has 1 aromatic carbocycles. The molecule has 2 aromatic rings. The van der Waals surface area contributed by atoms with Crippen LogP contribution in [0.25, 0.3) is 11.4 Å². The minimum absolute atomic E-state index is 0. The van der Waals surface area contributed by atoms with Crippen LogP contribution in [-0.2, 0) is 6.54 Å².